The van der Waals surface area contributed by atoms with E-state index in [0.717, 1.165) is 18.2 Å². The fourth-order valence-corrected chi connectivity index (χ4v) is 2.66. The minimum atomic E-state index is -4.53. The van der Waals surface area contributed by atoms with Gasteiger partial charge in [-0.2, -0.15) is 18.4 Å². The van der Waals surface area contributed by atoms with E-state index in [2.05, 4.69) is 5.32 Å². The van der Waals surface area contributed by atoms with Gasteiger partial charge in [0.25, 0.3) is 0 Å². The van der Waals surface area contributed by atoms with Crippen molar-refractivity contribution in [3.05, 3.63) is 28.8 Å². The number of alkyl halides is 3. The molecule has 112 valence electrons. The Bertz CT molecular complexity index is 616. The number of hydrogen-bond donors (Lipinski definition) is 1. The summed E-state index contributed by atoms with van der Waals surface area (Å²) in [6, 6.07) is 4.63. The van der Waals surface area contributed by atoms with Crippen LogP contribution in [-0.4, -0.2) is 5.91 Å². The fraction of sp³-hybridized carbons (Fsp3) is 0.429. The summed E-state index contributed by atoms with van der Waals surface area (Å²) < 4.78 is 38.0. The molecule has 0 saturated heterocycles. The van der Waals surface area contributed by atoms with Gasteiger partial charge in [0.05, 0.1) is 22.3 Å². The molecule has 0 unspecified atom stereocenters. The quantitative estimate of drug-likeness (QED) is 0.887. The van der Waals surface area contributed by atoms with Crippen molar-refractivity contribution in [2.75, 3.05) is 5.32 Å². The minimum Gasteiger partial charge on any atom is -0.323 e. The monoisotopic (exact) mass is 316 g/mol. The number of hydrogen-bond acceptors (Lipinski definition) is 2. The standard InChI is InChI=1S/C14H12ClF3N2O/c1-8-5-13(6-8,7-19)12(21)20-11-4-9(14(16,17)18)2-3-10(11)15/h2-4,8H,5-6H2,1H3,(H,20,21). The van der Waals surface area contributed by atoms with Crippen LogP contribution in [0.2, 0.25) is 5.02 Å². The van der Waals surface area contributed by atoms with Gasteiger partial charge in [-0.15, -0.1) is 0 Å². The van der Waals surface area contributed by atoms with Gasteiger partial charge in [-0.05, 0) is 37.0 Å². The molecule has 1 aliphatic carbocycles. The van der Waals surface area contributed by atoms with Crippen molar-refractivity contribution >= 4 is 23.2 Å². The molecule has 1 N–H and O–H groups in total. The van der Waals surface area contributed by atoms with Gasteiger partial charge in [-0.25, -0.2) is 0 Å². The highest BCUT2D eigenvalue weighted by Gasteiger charge is 2.49. The lowest BCUT2D eigenvalue weighted by Gasteiger charge is -2.39. The number of carbonyl (C=O) groups excluding carboxylic acids is 1. The molecule has 1 saturated carbocycles. The number of rotatable bonds is 2. The number of anilines is 1. The first-order valence-corrected chi connectivity index (χ1v) is 6.65. The van der Waals surface area contributed by atoms with Gasteiger partial charge < -0.3 is 5.32 Å². The Kier molecular flexibility index (Phi) is 3.89. The highest BCUT2D eigenvalue weighted by Crippen LogP contribution is 2.46. The van der Waals surface area contributed by atoms with Crippen LogP contribution in [0.5, 0.6) is 0 Å². The highest BCUT2D eigenvalue weighted by molar-refractivity contribution is 6.33. The molecule has 1 fully saturated rings. The largest absolute Gasteiger partial charge is 0.416 e. The van der Waals surface area contributed by atoms with Crippen molar-refractivity contribution < 1.29 is 18.0 Å². The van der Waals surface area contributed by atoms with Crippen LogP contribution in [-0.2, 0) is 11.0 Å². The first-order valence-electron chi connectivity index (χ1n) is 6.27. The summed E-state index contributed by atoms with van der Waals surface area (Å²) in [6.45, 7) is 1.90. The Labute approximate surface area is 124 Å². The zero-order chi connectivity index (χ0) is 15.8. The lowest BCUT2D eigenvalue weighted by molar-refractivity contribution is -0.137. The van der Waals surface area contributed by atoms with Crippen molar-refractivity contribution in [2.24, 2.45) is 11.3 Å². The number of halogens is 4. The molecule has 0 spiro atoms. The summed E-state index contributed by atoms with van der Waals surface area (Å²) in [4.78, 5) is 12.1. The lowest BCUT2D eigenvalue weighted by atomic mass is 9.63. The fourth-order valence-electron chi connectivity index (χ4n) is 2.50. The van der Waals surface area contributed by atoms with Crippen molar-refractivity contribution in [2.45, 2.75) is 25.9 Å². The Balaban J connectivity index is 2.24. The van der Waals surface area contributed by atoms with Crippen molar-refractivity contribution in [3.8, 4) is 6.07 Å². The van der Waals surface area contributed by atoms with Gasteiger partial charge in [-0.1, -0.05) is 18.5 Å². The minimum absolute atomic E-state index is 0.00295. The van der Waals surface area contributed by atoms with E-state index in [9.17, 15) is 18.0 Å². The van der Waals surface area contributed by atoms with Gasteiger partial charge in [0, 0.05) is 0 Å². The predicted molar refractivity (Wildman–Crippen MR) is 71.5 cm³/mol. The number of carbonyl (C=O) groups is 1. The van der Waals surface area contributed by atoms with Crippen LogP contribution in [0.15, 0.2) is 18.2 Å². The zero-order valence-corrected chi connectivity index (χ0v) is 11.8. The third kappa shape index (κ3) is 2.98. The van der Waals surface area contributed by atoms with E-state index >= 15 is 0 Å². The Morgan fingerprint density at radius 3 is 2.57 bits per heavy atom. The molecule has 21 heavy (non-hydrogen) atoms. The maximum absolute atomic E-state index is 12.7. The lowest BCUT2D eigenvalue weighted by Crippen LogP contribution is -2.45. The second-order valence-electron chi connectivity index (χ2n) is 5.35. The van der Waals surface area contributed by atoms with Gasteiger partial charge in [0.1, 0.15) is 5.41 Å². The molecule has 7 heteroatoms. The topological polar surface area (TPSA) is 52.9 Å². The van der Waals surface area contributed by atoms with Crippen molar-refractivity contribution in [1.82, 2.24) is 0 Å². The number of nitriles is 1. The zero-order valence-electron chi connectivity index (χ0n) is 11.1. The second kappa shape index (κ2) is 5.23. The van der Waals surface area contributed by atoms with E-state index in [1.54, 1.807) is 0 Å². The normalized spacial score (nSPS) is 24.9. The second-order valence-corrected chi connectivity index (χ2v) is 5.76. The average Bonchev–Trinajstić information content (AvgIpc) is 2.35. The maximum Gasteiger partial charge on any atom is 0.416 e. The Morgan fingerprint density at radius 1 is 1.48 bits per heavy atom. The summed E-state index contributed by atoms with van der Waals surface area (Å²) in [7, 11) is 0. The molecule has 1 aromatic carbocycles. The van der Waals surface area contributed by atoms with Crippen LogP contribution < -0.4 is 5.32 Å². The molecular weight excluding hydrogens is 305 g/mol. The highest BCUT2D eigenvalue weighted by atomic mass is 35.5. The summed E-state index contributed by atoms with van der Waals surface area (Å²) >= 11 is 5.81. The van der Waals surface area contributed by atoms with Gasteiger partial charge in [0.15, 0.2) is 0 Å². The van der Waals surface area contributed by atoms with Crippen LogP contribution in [0.1, 0.15) is 25.3 Å². The molecule has 0 aromatic heterocycles. The van der Waals surface area contributed by atoms with Crippen molar-refractivity contribution in [1.29, 1.82) is 5.26 Å². The molecule has 1 aliphatic rings. The van der Waals surface area contributed by atoms with E-state index < -0.39 is 23.1 Å². The molecule has 1 amide bonds. The summed E-state index contributed by atoms with van der Waals surface area (Å²) in [5, 5.41) is 11.5. The number of benzene rings is 1. The molecule has 0 bridgehead atoms. The SMILES string of the molecule is CC1CC(C#N)(C(=O)Nc2cc(C(F)(F)F)ccc2Cl)C1. The van der Waals surface area contributed by atoms with E-state index in [1.807, 2.05) is 13.0 Å². The Hall–Kier alpha value is -1.74. The predicted octanol–water partition coefficient (Wildman–Crippen LogP) is 4.24. The molecule has 0 heterocycles. The number of nitrogens with zero attached hydrogens (tertiary/aromatic N) is 1. The van der Waals surface area contributed by atoms with Crippen molar-refractivity contribution in [3.63, 3.8) is 0 Å². The average molecular weight is 317 g/mol. The van der Waals surface area contributed by atoms with Gasteiger partial charge >= 0.3 is 6.18 Å². The molecule has 0 radical (unpaired) electrons. The van der Waals surface area contributed by atoms with Gasteiger partial charge in [0.2, 0.25) is 5.91 Å². The molecule has 2 rings (SSSR count). The Morgan fingerprint density at radius 2 is 2.10 bits per heavy atom. The first-order chi connectivity index (χ1) is 9.68. The van der Waals surface area contributed by atoms with Gasteiger partial charge in [-0.3, -0.25) is 4.79 Å². The van der Waals surface area contributed by atoms with Crippen LogP contribution in [0.4, 0.5) is 18.9 Å². The van der Waals surface area contributed by atoms with E-state index in [4.69, 9.17) is 16.9 Å². The first kappa shape index (κ1) is 15.6. The third-order valence-corrected chi connectivity index (χ3v) is 3.91. The molecular formula is C14H12ClF3N2O. The maximum atomic E-state index is 12.7. The number of amides is 1. The van der Waals surface area contributed by atoms with Crippen LogP contribution >= 0.6 is 11.6 Å². The third-order valence-electron chi connectivity index (χ3n) is 3.58. The molecule has 1 aromatic rings. The smallest absolute Gasteiger partial charge is 0.323 e. The summed E-state index contributed by atoms with van der Waals surface area (Å²) in [5.74, 6) is -0.364. The molecule has 0 atom stereocenters. The van der Waals surface area contributed by atoms with E-state index in [1.165, 1.54) is 0 Å². The van der Waals surface area contributed by atoms with Crippen LogP contribution in [0.25, 0.3) is 0 Å². The number of nitrogens with one attached hydrogen (secondary N) is 1. The molecule has 3 nitrogen and oxygen atoms in total. The van der Waals surface area contributed by atoms with E-state index in [-0.39, 0.29) is 16.6 Å². The summed E-state index contributed by atoms with van der Waals surface area (Å²) in [6.07, 6.45) is -3.74. The van der Waals surface area contributed by atoms with Crippen LogP contribution in [0.3, 0.4) is 0 Å². The molecule has 0 aliphatic heterocycles. The van der Waals surface area contributed by atoms with E-state index in [0.29, 0.717) is 12.8 Å². The summed E-state index contributed by atoms with van der Waals surface area (Å²) in [5.41, 5.74) is -2.21. The van der Waals surface area contributed by atoms with Crippen LogP contribution in [0, 0.1) is 22.7 Å².